The minimum absolute atomic E-state index is 0.0432. The molecule has 1 aromatic rings. The van der Waals surface area contributed by atoms with Crippen LogP contribution in [0.3, 0.4) is 0 Å². The topological polar surface area (TPSA) is 65.0 Å². The number of aliphatic imine (C=N–C) groups is 1. The van der Waals surface area contributed by atoms with Crippen LogP contribution < -0.4 is 5.32 Å². The van der Waals surface area contributed by atoms with Crippen molar-refractivity contribution < 1.29 is 9.59 Å². The molecule has 1 aromatic carbocycles. The van der Waals surface area contributed by atoms with Crippen molar-refractivity contribution in [1.82, 2.24) is 14.5 Å². The lowest BCUT2D eigenvalue weighted by Crippen LogP contribution is -2.47. The first-order valence-corrected chi connectivity index (χ1v) is 13.9. The van der Waals surface area contributed by atoms with Crippen LogP contribution in [0.4, 0.5) is 0 Å². The van der Waals surface area contributed by atoms with Crippen molar-refractivity contribution in [3.05, 3.63) is 34.9 Å². The number of nitrogens with one attached hydrogen (secondary N) is 1. The van der Waals surface area contributed by atoms with Crippen LogP contribution in [0.5, 0.6) is 0 Å². The number of piperidine rings is 1. The largest absolute Gasteiger partial charge is 0.345 e. The Labute approximate surface area is 209 Å². The average molecular weight is 485 g/mol. The molecule has 1 aliphatic carbocycles. The molecule has 1 saturated carbocycles. The van der Waals surface area contributed by atoms with Crippen LogP contribution in [0, 0.1) is 18.8 Å². The normalized spacial score (nSPS) is 24.7. The maximum atomic E-state index is 12.9. The number of benzene rings is 1. The molecule has 6 nitrogen and oxygen atoms in total. The van der Waals surface area contributed by atoms with E-state index in [2.05, 4.69) is 29.5 Å². The van der Waals surface area contributed by atoms with Crippen LogP contribution >= 0.6 is 11.9 Å². The number of amides is 2. The Morgan fingerprint density at radius 3 is 2.53 bits per heavy atom. The van der Waals surface area contributed by atoms with E-state index in [-0.39, 0.29) is 11.8 Å². The Bertz CT molecular complexity index is 929. The molecule has 0 radical (unpaired) electrons. The van der Waals surface area contributed by atoms with Gasteiger partial charge in [-0.15, -0.1) is 0 Å². The summed E-state index contributed by atoms with van der Waals surface area (Å²) in [6.07, 6.45) is 8.71. The maximum absolute atomic E-state index is 12.9. The predicted molar refractivity (Wildman–Crippen MR) is 140 cm³/mol. The van der Waals surface area contributed by atoms with Crippen molar-refractivity contribution in [3.8, 4) is 0 Å². The minimum atomic E-state index is -0.528. The Balaban J connectivity index is 1.25. The zero-order chi connectivity index (χ0) is 24.3. The van der Waals surface area contributed by atoms with Gasteiger partial charge in [0.2, 0.25) is 0 Å². The fourth-order valence-corrected chi connectivity index (χ4v) is 6.57. The number of aryl methyl sites for hydroxylation is 2. The van der Waals surface area contributed by atoms with Gasteiger partial charge in [0.05, 0.1) is 0 Å². The molecule has 186 valence electrons. The summed E-state index contributed by atoms with van der Waals surface area (Å²) >= 11 is 1.87. The van der Waals surface area contributed by atoms with Crippen LogP contribution in [0.1, 0.15) is 73.4 Å². The zero-order valence-electron chi connectivity index (χ0n) is 21.2. The molecule has 3 aliphatic rings. The maximum Gasteiger partial charge on any atom is 0.253 e. The SMILES string of the molecule is CCC1CCC(C2=NC3(CCN(SCCc4ccc(C(=O)N(C)C)cc4C)CC3)C(=O)N2)CC1. The van der Waals surface area contributed by atoms with E-state index >= 15 is 0 Å². The minimum Gasteiger partial charge on any atom is -0.345 e. The second-order valence-electron chi connectivity index (χ2n) is 10.5. The Morgan fingerprint density at radius 2 is 1.91 bits per heavy atom. The molecule has 2 amide bonds. The van der Waals surface area contributed by atoms with Crippen molar-refractivity contribution in [1.29, 1.82) is 0 Å². The molecule has 0 aromatic heterocycles. The molecule has 1 spiro atoms. The first kappa shape index (κ1) is 25.2. The van der Waals surface area contributed by atoms with Crippen molar-refractivity contribution >= 4 is 29.6 Å². The summed E-state index contributed by atoms with van der Waals surface area (Å²) in [6, 6.07) is 6.02. The second kappa shape index (κ2) is 10.8. The molecule has 0 bridgehead atoms. The van der Waals surface area contributed by atoms with E-state index in [1.54, 1.807) is 19.0 Å². The Hall–Kier alpha value is -1.86. The van der Waals surface area contributed by atoms with Gasteiger partial charge in [0.1, 0.15) is 11.4 Å². The third-order valence-electron chi connectivity index (χ3n) is 8.00. The number of rotatable bonds is 7. The van der Waals surface area contributed by atoms with Gasteiger partial charge in [0.25, 0.3) is 11.8 Å². The number of nitrogens with zero attached hydrogens (tertiary/aromatic N) is 3. The number of hydrogen-bond donors (Lipinski definition) is 1. The summed E-state index contributed by atoms with van der Waals surface area (Å²) in [5, 5.41) is 3.18. The Morgan fingerprint density at radius 1 is 1.21 bits per heavy atom. The lowest BCUT2D eigenvalue weighted by molar-refractivity contribution is -0.124. The highest BCUT2D eigenvalue weighted by Crippen LogP contribution is 2.37. The molecule has 7 heteroatoms. The van der Waals surface area contributed by atoms with E-state index < -0.39 is 5.54 Å². The monoisotopic (exact) mass is 484 g/mol. The standard InChI is InChI=1S/C27H40N4O2S/c1-5-20-6-8-22(9-7-20)24-28-26(33)27(29-24)13-15-31(16-14-27)34-17-12-21-10-11-23(18-19(21)2)25(32)30(3)4/h10-11,18,20,22H,5-9,12-17H2,1-4H3,(H,28,29,33). The average Bonchev–Trinajstić information content (AvgIpc) is 3.16. The molecule has 2 heterocycles. The van der Waals surface area contributed by atoms with Gasteiger partial charge < -0.3 is 10.2 Å². The second-order valence-corrected chi connectivity index (χ2v) is 11.6. The van der Waals surface area contributed by atoms with Crippen LogP contribution in [0.2, 0.25) is 0 Å². The smallest absolute Gasteiger partial charge is 0.253 e. The van der Waals surface area contributed by atoms with E-state index in [1.807, 2.05) is 24.1 Å². The zero-order valence-corrected chi connectivity index (χ0v) is 22.0. The molecule has 0 atom stereocenters. The van der Waals surface area contributed by atoms with E-state index in [9.17, 15) is 9.59 Å². The molecular weight excluding hydrogens is 444 g/mol. The Kier molecular flexibility index (Phi) is 8.03. The third kappa shape index (κ3) is 5.51. The first-order valence-electron chi connectivity index (χ1n) is 12.9. The number of carbonyl (C=O) groups excluding carboxylic acids is 2. The van der Waals surface area contributed by atoms with Gasteiger partial charge in [-0.2, -0.15) is 0 Å². The van der Waals surface area contributed by atoms with E-state index in [0.29, 0.717) is 5.92 Å². The first-order chi connectivity index (χ1) is 16.3. The van der Waals surface area contributed by atoms with Gasteiger partial charge in [-0.1, -0.05) is 31.4 Å². The van der Waals surface area contributed by atoms with E-state index in [0.717, 1.165) is 55.4 Å². The van der Waals surface area contributed by atoms with Crippen molar-refractivity contribution in [2.24, 2.45) is 16.8 Å². The van der Waals surface area contributed by atoms with Crippen LogP contribution in [-0.2, 0) is 11.2 Å². The van der Waals surface area contributed by atoms with Gasteiger partial charge in [-0.3, -0.25) is 18.9 Å². The van der Waals surface area contributed by atoms with Gasteiger partial charge >= 0.3 is 0 Å². The van der Waals surface area contributed by atoms with Crippen molar-refractivity contribution in [2.45, 2.75) is 70.8 Å². The van der Waals surface area contributed by atoms with E-state index in [4.69, 9.17) is 4.99 Å². The van der Waals surface area contributed by atoms with Crippen LogP contribution in [-0.4, -0.2) is 65.3 Å². The molecule has 2 aliphatic heterocycles. The van der Waals surface area contributed by atoms with Gasteiger partial charge in [0.15, 0.2) is 0 Å². The lowest BCUT2D eigenvalue weighted by atomic mass is 9.80. The molecule has 34 heavy (non-hydrogen) atoms. The fourth-order valence-electron chi connectivity index (χ4n) is 5.56. The third-order valence-corrected chi connectivity index (χ3v) is 9.12. The molecular formula is C27H40N4O2S. The quantitative estimate of drug-likeness (QED) is 0.580. The lowest BCUT2D eigenvalue weighted by Gasteiger charge is -2.34. The number of carbonyl (C=O) groups is 2. The summed E-state index contributed by atoms with van der Waals surface area (Å²) in [7, 11) is 3.56. The molecule has 2 fully saturated rings. The van der Waals surface area contributed by atoms with Gasteiger partial charge in [-0.05, 0) is 81.0 Å². The summed E-state index contributed by atoms with van der Waals surface area (Å²) in [4.78, 5) is 31.7. The summed E-state index contributed by atoms with van der Waals surface area (Å²) in [6.45, 7) is 6.16. The molecule has 1 N–H and O–H groups in total. The van der Waals surface area contributed by atoms with Gasteiger partial charge in [0, 0.05) is 44.4 Å². The summed E-state index contributed by atoms with van der Waals surface area (Å²) in [5.41, 5.74) is 2.68. The molecule has 1 saturated heterocycles. The fraction of sp³-hybridized carbons (Fsp3) is 0.667. The summed E-state index contributed by atoms with van der Waals surface area (Å²) < 4.78 is 2.40. The van der Waals surface area contributed by atoms with Crippen molar-refractivity contribution in [2.75, 3.05) is 32.9 Å². The molecule has 4 rings (SSSR count). The van der Waals surface area contributed by atoms with Crippen LogP contribution in [0.25, 0.3) is 0 Å². The molecule has 0 unspecified atom stereocenters. The van der Waals surface area contributed by atoms with Crippen LogP contribution in [0.15, 0.2) is 23.2 Å². The predicted octanol–water partition coefficient (Wildman–Crippen LogP) is 4.47. The highest BCUT2D eigenvalue weighted by atomic mass is 32.2. The highest BCUT2D eigenvalue weighted by Gasteiger charge is 2.47. The summed E-state index contributed by atoms with van der Waals surface area (Å²) in [5.74, 6) is 3.45. The van der Waals surface area contributed by atoms with Gasteiger partial charge in [-0.25, -0.2) is 0 Å². The van der Waals surface area contributed by atoms with Crippen molar-refractivity contribution in [3.63, 3.8) is 0 Å². The number of hydrogen-bond acceptors (Lipinski definition) is 5. The van der Waals surface area contributed by atoms with E-state index in [1.165, 1.54) is 43.2 Å². The highest BCUT2D eigenvalue weighted by molar-refractivity contribution is 7.97. The number of amidine groups is 1.